The monoisotopic (exact) mass is 308 g/mol. The van der Waals surface area contributed by atoms with Gasteiger partial charge in [-0.15, -0.1) is 0 Å². The fourth-order valence-electron chi connectivity index (χ4n) is 2.35. The van der Waals surface area contributed by atoms with Crippen LogP contribution in [0.1, 0.15) is 6.23 Å². The summed E-state index contributed by atoms with van der Waals surface area (Å²) >= 11 is 0. The lowest BCUT2D eigenvalue weighted by Gasteiger charge is -2.15. The van der Waals surface area contributed by atoms with Crippen LogP contribution in [0.3, 0.4) is 0 Å². The van der Waals surface area contributed by atoms with Crippen LogP contribution in [0.5, 0.6) is 0 Å². The maximum Gasteiger partial charge on any atom is 0.221 e. The number of aliphatic hydroxyl groups is 3. The van der Waals surface area contributed by atoms with E-state index in [0.29, 0.717) is 11.3 Å². The smallest absolute Gasteiger partial charge is 0.221 e. The molecule has 118 valence electrons. The minimum absolute atomic E-state index is 0.0594. The van der Waals surface area contributed by atoms with Gasteiger partial charge in [-0.2, -0.15) is 4.98 Å². The minimum atomic E-state index is -1.18. The Balaban J connectivity index is 1.88. The van der Waals surface area contributed by atoms with Gasteiger partial charge in [0.05, 0.1) is 24.2 Å². The Morgan fingerprint density at radius 3 is 2.64 bits per heavy atom. The fourth-order valence-corrected chi connectivity index (χ4v) is 2.35. The van der Waals surface area contributed by atoms with Gasteiger partial charge in [0, 0.05) is 12.4 Å². The van der Waals surface area contributed by atoms with Crippen LogP contribution in [0.2, 0.25) is 0 Å². The standard InChI is InChI=1S/C12H16N6O4/c13-10-5(1-15-12(14)17-10)6-2-18(4-16-6)11-9(21)8(20)7(3-19)22-11/h1-2,4,7-9,11,19-21H,3H2,(H4,13,14,15,17)/t7-,8-,9-,11-/m1/s1. The summed E-state index contributed by atoms with van der Waals surface area (Å²) in [6, 6.07) is 0. The highest BCUT2D eigenvalue weighted by atomic mass is 16.6. The van der Waals surface area contributed by atoms with Gasteiger partial charge in [0.25, 0.3) is 0 Å². The van der Waals surface area contributed by atoms with Crippen LogP contribution in [0, 0.1) is 0 Å². The summed E-state index contributed by atoms with van der Waals surface area (Å²) in [6.07, 6.45) is 0.378. The Morgan fingerprint density at radius 2 is 2.00 bits per heavy atom. The van der Waals surface area contributed by atoms with Gasteiger partial charge in [0.2, 0.25) is 5.95 Å². The third kappa shape index (κ3) is 2.37. The first-order valence-corrected chi connectivity index (χ1v) is 6.55. The molecule has 2 aromatic rings. The van der Waals surface area contributed by atoms with Gasteiger partial charge in [-0.25, -0.2) is 9.97 Å². The highest BCUT2D eigenvalue weighted by molar-refractivity contribution is 5.70. The van der Waals surface area contributed by atoms with Crippen LogP contribution in [-0.2, 0) is 4.74 Å². The van der Waals surface area contributed by atoms with Gasteiger partial charge in [-0.1, -0.05) is 0 Å². The summed E-state index contributed by atoms with van der Waals surface area (Å²) in [6.45, 7) is -0.394. The first kappa shape index (κ1) is 14.7. The number of hydrogen-bond acceptors (Lipinski definition) is 9. The normalized spacial score (nSPS) is 28.1. The topological polar surface area (TPSA) is 166 Å². The molecule has 0 unspecified atom stereocenters. The van der Waals surface area contributed by atoms with Crippen molar-refractivity contribution in [2.75, 3.05) is 18.1 Å². The van der Waals surface area contributed by atoms with Crippen molar-refractivity contribution < 1.29 is 20.1 Å². The molecule has 10 nitrogen and oxygen atoms in total. The number of rotatable bonds is 3. The predicted molar refractivity (Wildman–Crippen MR) is 75.1 cm³/mol. The van der Waals surface area contributed by atoms with E-state index in [1.807, 2.05) is 0 Å². The number of ether oxygens (including phenoxy) is 1. The molecule has 3 rings (SSSR count). The maximum atomic E-state index is 9.98. The van der Waals surface area contributed by atoms with Crippen LogP contribution in [-0.4, -0.2) is 59.8 Å². The number of anilines is 2. The maximum absolute atomic E-state index is 9.98. The van der Waals surface area contributed by atoms with Gasteiger partial charge in [0.15, 0.2) is 6.23 Å². The van der Waals surface area contributed by atoms with Gasteiger partial charge >= 0.3 is 0 Å². The summed E-state index contributed by atoms with van der Waals surface area (Å²) in [5.74, 6) is 0.239. The average molecular weight is 308 g/mol. The zero-order valence-corrected chi connectivity index (χ0v) is 11.4. The number of aromatic nitrogens is 4. The number of nitrogens with two attached hydrogens (primary N) is 2. The van der Waals surface area contributed by atoms with E-state index in [2.05, 4.69) is 15.0 Å². The number of nitrogens with zero attached hydrogens (tertiary/aromatic N) is 4. The average Bonchev–Trinajstić information content (AvgIpc) is 3.06. The van der Waals surface area contributed by atoms with Crippen LogP contribution in [0.25, 0.3) is 11.3 Å². The lowest BCUT2D eigenvalue weighted by molar-refractivity contribution is -0.0527. The second-order valence-corrected chi connectivity index (χ2v) is 4.96. The predicted octanol–water partition coefficient (Wildman–Crippen LogP) is -1.88. The molecule has 3 heterocycles. The fraction of sp³-hybridized carbons (Fsp3) is 0.417. The minimum Gasteiger partial charge on any atom is -0.394 e. The van der Waals surface area contributed by atoms with E-state index in [-0.39, 0.29) is 11.8 Å². The lowest BCUT2D eigenvalue weighted by atomic mass is 10.1. The van der Waals surface area contributed by atoms with Crippen molar-refractivity contribution in [2.24, 2.45) is 0 Å². The third-order valence-corrected chi connectivity index (χ3v) is 3.53. The van der Waals surface area contributed by atoms with E-state index in [1.165, 1.54) is 17.1 Å². The van der Waals surface area contributed by atoms with Crippen molar-refractivity contribution in [3.63, 3.8) is 0 Å². The van der Waals surface area contributed by atoms with Crippen molar-refractivity contribution >= 4 is 11.8 Å². The zero-order valence-electron chi connectivity index (χ0n) is 11.4. The Kier molecular flexibility index (Phi) is 3.66. The Hall–Kier alpha value is -2.27. The second kappa shape index (κ2) is 5.50. The molecule has 7 N–H and O–H groups in total. The van der Waals surface area contributed by atoms with Crippen LogP contribution >= 0.6 is 0 Å². The Bertz CT molecular complexity index is 677. The van der Waals surface area contributed by atoms with Crippen LogP contribution < -0.4 is 11.5 Å². The molecular formula is C12H16N6O4. The number of nitrogen functional groups attached to an aromatic ring is 2. The summed E-state index contributed by atoms with van der Waals surface area (Å²) in [7, 11) is 0. The molecule has 0 aliphatic carbocycles. The molecule has 22 heavy (non-hydrogen) atoms. The van der Waals surface area contributed by atoms with E-state index in [1.54, 1.807) is 6.20 Å². The Labute approximate surface area is 125 Å². The van der Waals surface area contributed by atoms with Gasteiger partial charge in [0.1, 0.15) is 24.1 Å². The van der Waals surface area contributed by atoms with Crippen LogP contribution in [0.4, 0.5) is 11.8 Å². The van der Waals surface area contributed by atoms with Crippen molar-refractivity contribution in [2.45, 2.75) is 24.5 Å². The van der Waals surface area contributed by atoms with Crippen LogP contribution in [0.15, 0.2) is 18.7 Å². The molecule has 1 aliphatic heterocycles. The molecule has 1 aliphatic rings. The molecule has 10 heteroatoms. The molecule has 0 aromatic carbocycles. The molecule has 0 bridgehead atoms. The summed E-state index contributed by atoms with van der Waals surface area (Å²) in [4.78, 5) is 11.9. The van der Waals surface area contributed by atoms with Crippen molar-refractivity contribution in [3.05, 3.63) is 18.7 Å². The molecule has 0 saturated carbocycles. The van der Waals surface area contributed by atoms with E-state index >= 15 is 0 Å². The quantitative estimate of drug-likeness (QED) is 0.436. The number of aliphatic hydroxyl groups excluding tert-OH is 3. The van der Waals surface area contributed by atoms with Gasteiger partial charge in [-0.05, 0) is 0 Å². The lowest BCUT2D eigenvalue weighted by Crippen LogP contribution is -2.33. The molecule has 2 aromatic heterocycles. The molecule has 0 spiro atoms. The van der Waals surface area contributed by atoms with Gasteiger partial charge in [-0.3, -0.25) is 0 Å². The summed E-state index contributed by atoms with van der Waals surface area (Å²) in [5, 5.41) is 28.8. The molecule has 1 fully saturated rings. The SMILES string of the molecule is Nc1ncc(-c2cn([C@@H]3O[C@H](CO)[C@@H](O)[C@H]3O)cn2)c(N)n1. The first-order valence-electron chi connectivity index (χ1n) is 6.55. The van der Waals surface area contributed by atoms with Crippen molar-refractivity contribution in [1.29, 1.82) is 0 Å². The van der Waals surface area contributed by atoms with Crippen molar-refractivity contribution in [1.82, 2.24) is 19.5 Å². The molecular weight excluding hydrogens is 292 g/mol. The highest BCUT2D eigenvalue weighted by Gasteiger charge is 2.43. The van der Waals surface area contributed by atoms with E-state index in [0.717, 1.165) is 0 Å². The molecule has 1 saturated heterocycles. The Morgan fingerprint density at radius 1 is 1.23 bits per heavy atom. The van der Waals surface area contributed by atoms with Crippen molar-refractivity contribution in [3.8, 4) is 11.3 Å². The van der Waals surface area contributed by atoms with E-state index in [4.69, 9.17) is 21.3 Å². The summed E-state index contributed by atoms with van der Waals surface area (Å²) in [5.41, 5.74) is 12.2. The largest absolute Gasteiger partial charge is 0.394 e. The second-order valence-electron chi connectivity index (χ2n) is 4.96. The molecule has 4 atom stereocenters. The number of hydrogen-bond donors (Lipinski definition) is 5. The molecule has 0 radical (unpaired) electrons. The molecule has 0 amide bonds. The zero-order chi connectivity index (χ0) is 15.9. The first-order chi connectivity index (χ1) is 10.5. The summed E-state index contributed by atoms with van der Waals surface area (Å²) < 4.78 is 6.89. The van der Waals surface area contributed by atoms with E-state index < -0.39 is 31.1 Å². The third-order valence-electron chi connectivity index (χ3n) is 3.53. The van der Waals surface area contributed by atoms with Gasteiger partial charge < -0.3 is 36.1 Å². The number of imidazole rings is 1. The highest BCUT2D eigenvalue weighted by Crippen LogP contribution is 2.31. The van der Waals surface area contributed by atoms with E-state index in [9.17, 15) is 10.2 Å².